The molecule has 0 aliphatic carbocycles. The van der Waals surface area contributed by atoms with Gasteiger partial charge in [-0.25, -0.2) is 4.68 Å². The molecule has 10 heteroatoms. The molecular weight excluding hydrogens is 541 g/mol. The second-order valence-electron chi connectivity index (χ2n) is 10.4. The summed E-state index contributed by atoms with van der Waals surface area (Å²) in [6, 6.07) is 19.8. The molecule has 0 spiro atoms. The van der Waals surface area contributed by atoms with Crippen molar-refractivity contribution >= 4 is 34.9 Å². The second kappa shape index (κ2) is 11.2. The SMILES string of the molecule is CN(C(=O)Cc1ccc(C(=O)Nc2ccc(C(F)(F)F)cc2)cc1)c1cc(C(C)(C)C)nn1-c1cccc(Cl)c1. The first-order chi connectivity index (χ1) is 18.7. The van der Waals surface area contributed by atoms with Crippen LogP contribution in [0, 0.1) is 0 Å². The van der Waals surface area contributed by atoms with Crippen molar-refractivity contribution in [3.63, 3.8) is 0 Å². The first kappa shape index (κ1) is 28.9. The minimum atomic E-state index is -4.45. The summed E-state index contributed by atoms with van der Waals surface area (Å²) in [6.45, 7) is 6.12. The lowest BCUT2D eigenvalue weighted by atomic mass is 9.92. The lowest BCUT2D eigenvalue weighted by molar-refractivity contribution is -0.137. The minimum absolute atomic E-state index is 0.0723. The second-order valence-corrected chi connectivity index (χ2v) is 10.8. The molecule has 1 aromatic heterocycles. The number of anilines is 2. The number of hydrogen-bond acceptors (Lipinski definition) is 3. The van der Waals surface area contributed by atoms with Gasteiger partial charge in [0.15, 0.2) is 0 Å². The number of halogens is 4. The molecule has 0 fully saturated rings. The van der Waals surface area contributed by atoms with E-state index in [9.17, 15) is 22.8 Å². The van der Waals surface area contributed by atoms with Crippen LogP contribution in [0.1, 0.15) is 48.0 Å². The van der Waals surface area contributed by atoms with Crippen LogP contribution in [-0.2, 0) is 22.8 Å². The summed E-state index contributed by atoms with van der Waals surface area (Å²) in [7, 11) is 1.68. The van der Waals surface area contributed by atoms with Gasteiger partial charge in [0, 0.05) is 34.8 Å². The topological polar surface area (TPSA) is 67.2 Å². The first-order valence-electron chi connectivity index (χ1n) is 12.4. The van der Waals surface area contributed by atoms with Gasteiger partial charge in [0.05, 0.1) is 23.4 Å². The van der Waals surface area contributed by atoms with Gasteiger partial charge in [0.1, 0.15) is 5.82 Å². The molecule has 0 radical (unpaired) electrons. The molecule has 3 aromatic carbocycles. The van der Waals surface area contributed by atoms with Gasteiger partial charge in [0.2, 0.25) is 5.91 Å². The highest BCUT2D eigenvalue weighted by Gasteiger charge is 2.30. The zero-order valence-electron chi connectivity index (χ0n) is 22.4. The van der Waals surface area contributed by atoms with Crippen LogP contribution in [-0.4, -0.2) is 28.6 Å². The van der Waals surface area contributed by atoms with E-state index in [-0.39, 0.29) is 23.4 Å². The average molecular weight is 569 g/mol. The van der Waals surface area contributed by atoms with E-state index >= 15 is 0 Å². The number of rotatable bonds is 6. The van der Waals surface area contributed by atoms with E-state index in [1.165, 1.54) is 17.0 Å². The van der Waals surface area contributed by atoms with Crippen molar-refractivity contribution < 1.29 is 22.8 Å². The van der Waals surface area contributed by atoms with Gasteiger partial charge >= 0.3 is 6.18 Å². The summed E-state index contributed by atoms with van der Waals surface area (Å²) in [5.74, 6) is -0.0785. The number of carbonyl (C=O) groups is 2. The Hall–Kier alpha value is -4.11. The molecule has 0 atom stereocenters. The van der Waals surface area contributed by atoms with Crippen LogP contribution >= 0.6 is 11.6 Å². The van der Waals surface area contributed by atoms with Gasteiger partial charge in [-0.15, -0.1) is 0 Å². The Morgan fingerprint density at radius 1 is 0.950 bits per heavy atom. The molecule has 0 saturated heterocycles. The molecule has 208 valence electrons. The molecule has 0 saturated carbocycles. The van der Waals surface area contributed by atoms with Crippen molar-refractivity contribution in [1.82, 2.24) is 9.78 Å². The molecule has 40 heavy (non-hydrogen) atoms. The maximum absolute atomic E-state index is 13.3. The lowest BCUT2D eigenvalue weighted by Gasteiger charge is -2.19. The maximum Gasteiger partial charge on any atom is 0.416 e. The Bertz CT molecular complexity index is 1520. The molecule has 4 aromatic rings. The highest BCUT2D eigenvalue weighted by molar-refractivity contribution is 6.30. The summed E-state index contributed by atoms with van der Waals surface area (Å²) >= 11 is 6.21. The Balaban J connectivity index is 1.47. The van der Waals surface area contributed by atoms with Crippen LogP contribution in [0.25, 0.3) is 5.69 Å². The number of hydrogen-bond donors (Lipinski definition) is 1. The monoisotopic (exact) mass is 568 g/mol. The number of benzene rings is 3. The minimum Gasteiger partial charge on any atom is -0.322 e. The molecule has 0 aliphatic rings. The number of aromatic nitrogens is 2. The normalized spacial score (nSPS) is 11.8. The number of likely N-dealkylation sites (N-methyl/N-ethyl adjacent to an activating group) is 1. The van der Waals surface area contributed by atoms with E-state index in [0.717, 1.165) is 23.5 Å². The fourth-order valence-electron chi connectivity index (χ4n) is 3.92. The fraction of sp³-hybridized carbons (Fsp3) is 0.233. The van der Waals surface area contributed by atoms with Crippen molar-refractivity contribution in [3.05, 3.63) is 106 Å². The summed E-state index contributed by atoms with van der Waals surface area (Å²) in [5, 5.41) is 7.87. The van der Waals surface area contributed by atoms with E-state index in [1.807, 2.05) is 39.0 Å². The van der Waals surface area contributed by atoms with E-state index in [2.05, 4.69) is 5.32 Å². The van der Waals surface area contributed by atoms with Crippen LogP contribution in [0.15, 0.2) is 78.9 Å². The zero-order valence-corrected chi connectivity index (χ0v) is 23.1. The van der Waals surface area contributed by atoms with E-state index in [4.69, 9.17) is 16.7 Å². The number of amides is 2. The van der Waals surface area contributed by atoms with E-state index < -0.39 is 17.6 Å². The quantitative estimate of drug-likeness (QED) is 0.265. The van der Waals surface area contributed by atoms with Gasteiger partial charge < -0.3 is 5.32 Å². The van der Waals surface area contributed by atoms with Crippen molar-refractivity contribution in [3.8, 4) is 5.69 Å². The first-order valence-corrected chi connectivity index (χ1v) is 12.8. The summed E-state index contributed by atoms with van der Waals surface area (Å²) in [6.07, 6.45) is -4.38. The molecule has 1 N–H and O–H groups in total. The summed E-state index contributed by atoms with van der Waals surface area (Å²) in [5.41, 5.74) is 1.72. The Labute approximate surface area is 235 Å². The Morgan fingerprint density at radius 2 is 1.60 bits per heavy atom. The fourth-order valence-corrected chi connectivity index (χ4v) is 4.10. The maximum atomic E-state index is 13.3. The average Bonchev–Trinajstić information content (AvgIpc) is 3.35. The number of nitrogens with one attached hydrogen (secondary N) is 1. The van der Waals surface area contributed by atoms with Crippen LogP contribution < -0.4 is 10.2 Å². The van der Waals surface area contributed by atoms with Gasteiger partial charge in [-0.1, -0.05) is 50.6 Å². The Kier molecular flexibility index (Phi) is 8.07. The third-order valence-electron chi connectivity index (χ3n) is 6.27. The third-order valence-corrected chi connectivity index (χ3v) is 6.51. The largest absolute Gasteiger partial charge is 0.416 e. The number of nitrogens with zero attached hydrogens (tertiary/aromatic N) is 3. The summed E-state index contributed by atoms with van der Waals surface area (Å²) < 4.78 is 40.0. The van der Waals surface area contributed by atoms with Crippen molar-refractivity contribution in [1.29, 1.82) is 0 Å². The smallest absolute Gasteiger partial charge is 0.322 e. The van der Waals surface area contributed by atoms with Crippen molar-refractivity contribution in [2.45, 2.75) is 38.8 Å². The highest BCUT2D eigenvalue weighted by atomic mass is 35.5. The van der Waals surface area contributed by atoms with Gasteiger partial charge in [-0.05, 0) is 60.2 Å². The Morgan fingerprint density at radius 3 is 2.17 bits per heavy atom. The number of alkyl halides is 3. The van der Waals surface area contributed by atoms with Gasteiger partial charge in [0.25, 0.3) is 5.91 Å². The van der Waals surface area contributed by atoms with Gasteiger partial charge in [-0.2, -0.15) is 18.3 Å². The predicted octanol–water partition coefficient (Wildman–Crippen LogP) is 7.30. The van der Waals surface area contributed by atoms with Crippen LogP contribution in [0.5, 0.6) is 0 Å². The standard InChI is InChI=1S/C30H28ClF3N4O2/c1-29(2,3)25-18-26(38(36-25)24-7-5-6-22(31)17-24)37(4)27(39)16-19-8-10-20(11-9-19)28(40)35-23-14-12-21(13-15-23)30(32,33)34/h5-15,17-18H,16H2,1-4H3,(H,35,40). The molecular formula is C30H28ClF3N4O2. The molecule has 6 nitrogen and oxygen atoms in total. The summed E-state index contributed by atoms with van der Waals surface area (Å²) in [4.78, 5) is 27.4. The van der Waals surface area contributed by atoms with Gasteiger partial charge in [-0.3, -0.25) is 14.5 Å². The molecule has 4 rings (SSSR count). The van der Waals surface area contributed by atoms with Crippen LogP contribution in [0.4, 0.5) is 24.7 Å². The highest BCUT2D eigenvalue weighted by Crippen LogP contribution is 2.31. The van der Waals surface area contributed by atoms with Crippen LogP contribution in [0.2, 0.25) is 5.02 Å². The molecule has 1 heterocycles. The third kappa shape index (κ3) is 6.71. The van der Waals surface area contributed by atoms with E-state index in [0.29, 0.717) is 22.0 Å². The number of carbonyl (C=O) groups excluding carboxylic acids is 2. The zero-order chi connectivity index (χ0) is 29.2. The van der Waals surface area contributed by atoms with Crippen molar-refractivity contribution in [2.24, 2.45) is 0 Å². The molecule has 2 amide bonds. The van der Waals surface area contributed by atoms with E-state index in [1.54, 1.807) is 48.1 Å². The molecule has 0 aliphatic heterocycles. The van der Waals surface area contributed by atoms with Crippen LogP contribution in [0.3, 0.4) is 0 Å². The van der Waals surface area contributed by atoms with Crippen molar-refractivity contribution in [2.75, 3.05) is 17.3 Å². The predicted molar refractivity (Wildman–Crippen MR) is 150 cm³/mol. The lowest BCUT2D eigenvalue weighted by Crippen LogP contribution is -2.29. The molecule has 0 unspecified atom stereocenters. The molecule has 0 bridgehead atoms.